The van der Waals surface area contributed by atoms with Crippen molar-refractivity contribution in [2.75, 3.05) is 25.0 Å². The fraction of sp³-hybridized carbons (Fsp3) is 0.500. The number of nitrogens with two attached hydrogens (primary N) is 1. The second kappa shape index (κ2) is 5.92. The second-order valence-electron chi connectivity index (χ2n) is 5.02. The van der Waals surface area contributed by atoms with Gasteiger partial charge in [-0.25, -0.2) is 0 Å². The Labute approximate surface area is 122 Å². The van der Waals surface area contributed by atoms with Gasteiger partial charge in [0.1, 0.15) is 5.54 Å². The monoisotopic (exact) mass is 325 g/mol. The zero-order chi connectivity index (χ0) is 13.9. The van der Waals surface area contributed by atoms with E-state index >= 15 is 0 Å². The Morgan fingerprint density at radius 3 is 2.68 bits per heavy atom. The smallest absolute Gasteiger partial charge is 0.243 e. The summed E-state index contributed by atoms with van der Waals surface area (Å²) in [5.41, 5.74) is 5.95. The summed E-state index contributed by atoms with van der Waals surface area (Å²) in [5.74, 6) is -0.261. The minimum atomic E-state index is -0.619. The molecule has 5 heteroatoms. The van der Waals surface area contributed by atoms with Crippen molar-refractivity contribution in [3.05, 3.63) is 28.7 Å². The summed E-state index contributed by atoms with van der Waals surface area (Å²) in [5, 5.41) is 3.35. The third-order valence-corrected chi connectivity index (χ3v) is 4.33. The van der Waals surface area contributed by atoms with E-state index in [0.717, 1.165) is 42.6 Å². The van der Waals surface area contributed by atoms with Crippen LogP contribution in [0.4, 0.5) is 5.69 Å². The summed E-state index contributed by atoms with van der Waals surface area (Å²) in [6, 6.07) is 7.84. The van der Waals surface area contributed by atoms with Gasteiger partial charge in [0.05, 0.1) is 0 Å². The van der Waals surface area contributed by atoms with Crippen molar-refractivity contribution in [3.8, 4) is 0 Å². The number of hydrogen-bond donors (Lipinski definition) is 2. The van der Waals surface area contributed by atoms with E-state index < -0.39 is 5.54 Å². The number of nitrogens with one attached hydrogen (secondary N) is 1. The highest BCUT2D eigenvalue weighted by Gasteiger charge is 2.39. The Balaban J connectivity index is 2.15. The summed E-state index contributed by atoms with van der Waals surface area (Å²) in [6.07, 6.45) is 1.51. The molecule has 0 aliphatic carbocycles. The predicted octanol–water partition coefficient (Wildman–Crippen LogP) is 2.20. The molecule has 1 saturated heterocycles. The molecule has 1 amide bonds. The SMILES string of the molecule is CCN1CCC(Nc2cccc(Br)c2)(C(N)=O)CC1. The van der Waals surface area contributed by atoms with Crippen LogP contribution in [0.5, 0.6) is 0 Å². The Kier molecular flexibility index (Phi) is 4.47. The summed E-state index contributed by atoms with van der Waals surface area (Å²) in [4.78, 5) is 14.2. The molecule has 104 valence electrons. The lowest BCUT2D eigenvalue weighted by atomic mass is 9.86. The van der Waals surface area contributed by atoms with Gasteiger partial charge in [-0.2, -0.15) is 0 Å². The van der Waals surface area contributed by atoms with E-state index in [1.54, 1.807) is 0 Å². The van der Waals surface area contributed by atoms with Gasteiger partial charge in [-0.3, -0.25) is 4.79 Å². The molecule has 4 nitrogen and oxygen atoms in total. The first kappa shape index (κ1) is 14.3. The van der Waals surface area contributed by atoms with E-state index in [9.17, 15) is 4.79 Å². The van der Waals surface area contributed by atoms with Crippen LogP contribution < -0.4 is 11.1 Å². The van der Waals surface area contributed by atoms with Gasteiger partial charge in [0, 0.05) is 23.2 Å². The number of hydrogen-bond acceptors (Lipinski definition) is 3. The molecule has 1 aromatic rings. The molecule has 1 aliphatic rings. The van der Waals surface area contributed by atoms with Crippen LogP contribution in [-0.2, 0) is 4.79 Å². The Morgan fingerprint density at radius 1 is 1.47 bits per heavy atom. The molecule has 3 N–H and O–H groups in total. The van der Waals surface area contributed by atoms with Crippen molar-refractivity contribution in [2.45, 2.75) is 25.3 Å². The third-order valence-electron chi connectivity index (χ3n) is 3.84. The fourth-order valence-corrected chi connectivity index (χ4v) is 2.93. The first-order valence-electron chi connectivity index (χ1n) is 6.62. The lowest BCUT2D eigenvalue weighted by molar-refractivity contribution is -0.123. The number of carbonyl (C=O) groups is 1. The molecule has 19 heavy (non-hydrogen) atoms. The molecule has 0 radical (unpaired) electrons. The summed E-state index contributed by atoms with van der Waals surface area (Å²) in [6.45, 7) is 4.96. The van der Waals surface area contributed by atoms with Crippen LogP contribution >= 0.6 is 15.9 Å². The number of likely N-dealkylation sites (tertiary alicyclic amines) is 1. The first-order valence-corrected chi connectivity index (χ1v) is 7.41. The van der Waals surface area contributed by atoms with Gasteiger partial charge in [-0.05, 0) is 37.6 Å². The average molecular weight is 326 g/mol. The summed E-state index contributed by atoms with van der Waals surface area (Å²) in [7, 11) is 0. The first-order chi connectivity index (χ1) is 9.05. The number of benzene rings is 1. The molecule has 0 atom stereocenters. The zero-order valence-electron chi connectivity index (χ0n) is 11.2. The van der Waals surface area contributed by atoms with Crippen LogP contribution in [0.2, 0.25) is 0 Å². The topological polar surface area (TPSA) is 58.4 Å². The van der Waals surface area contributed by atoms with E-state index in [1.807, 2.05) is 24.3 Å². The van der Waals surface area contributed by atoms with Crippen molar-refractivity contribution in [1.82, 2.24) is 4.90 Å². The molecular weight excluding hydrogens is 306 g/mol. The van der Waals surface area contributed by atoms with Gasteiger partial charge < -0.3 is 16.0 Å². The predicted molar refractivity (Wildman–Crippen MR) is 81.0 cm³/mol. The molecule has 0 spiro atoms. The average Bonchev–Trinajstić information content (AvgIpc) is 2.39. The van der Waals surface area contributed by atoms with E-state index in [2.05, 4.69) is 33.1 Å². The molecule has 1 aliphatic heterocycles. The Morgan fingerprint density at radius 2 is 2.16 bits per heavy atom. The van der Waals surface area contributed by atoms with Gasteiger partial charge in [0.15, 0.2) is 0 Å². The van der Waals surface area contributed by atoms with Crippen LogP contribution in [-0.4, -0.2) is 36.0 Å². The zero-order valence-corrected chi connectivity index (χ0v) is 12.7. The quantitative estimate of drug-likeness (QED) is 0.892. The molecule has 1 fully saturated rings. The number of rotatable bonds is 4. The lowest BCUT2D eigenvalue weighted by Gasteiger charge is -2.40. The van der Waals surface area contributed by atoms with Crippen molar-refractivity contribution in [1.29, 1.82) is 0 Å². The van der Waals surface area contributed by atoms with E-state index in [-0.39, 0.29) is 5.91 Å². The minimum Gasteiger partial charge on any atom is -0.371 e. The van der Waals surface area contributed by atoms with Crippen LogP contribution in [0.1, 0.15) is 19.8 Å². The number of piperidine rings is 1. The highest BCUT2D eigenvalue weighted by Crippen LogP contribution is 2.28. The van der Waals surface area contributed by atoms with Crippen LogP contribution in [0, 0.1) is 0 Å². The number of carbonyl (C=O) groups excluding carboxylic acids is 1. The van der Waals surface area contributed by atoms with Gasteiger partial charge in [-0.15, -0.1) is 0 Å². The van der Waals surface area contributed by atoms with Gasteiger partial charge >= 0.3 is 0 Å². The number of amides is 1. The summed E-state index contributed by atoms with van der Waals surface area (Å²) < 4.78 is 0.989. The van der Waals surface area contributed by atoms with Crippen LogP contribution in [0.3, 0.4) is 0 Å². The van der Waals surface area contributed by atoms with Crippen LogP contribution in [0.25, 0.3) is 0 Å². The number of nitrogens with zero attached hydrogens (tertiary/aromatic N) is 1. The maximum absolute atomic E-state index is 11.9. The highest BCUT2D eigenvalue weighted by atomic mass is 79.9. The van der Waals surface area contributed by atoms with Crippen molar-refractivity contribution < 1.29 is 4.79 Å². The molecular formula is C14H20BrN3O. The Bertz CT molecular complexity index is 456. The maximum Gasteiger partial charge on any atom is 0.243 e. The van der Waals surface area contributed by atoms with E-state index in [4.69, 9.17) is 5.73 Å². The number of halogens is 1. The van der Waals surface area contributed by atoms with E-state index in [0.29, 0.717) is 0 Å². The van der Waals surface area contributed by atoms with Crippen molar-refractivity contribution in [2.24, 2.45) is 5.73 Å². The molecule has 0 unspecified atom stereocenters. The highest BCUT2D eigenvalue weighted by molar-refractivity contribution is 9.10. The van der Waals surface area contributed by atoms with Gasteiger partial charge in [0.25, 0.3) is 0 Å². The third kappa shape index (κ3) is 3.28. The fourth-order valence-electron chi connectivity index (χ4n) is 2.53. The molecule has 2 rings (SSSR count). The standard InChI is InChI=1S/C14H20BrN3O/c1-2-18-8-6-14(7-9-18,13(16)19)17-12-5-3-4-11(15)10-12/h3-5,10,17H,2,6-9H2,1H3,(H2,16,19). The molecule has 0 aromatic heterocycles. The molecule has 0 bridgehead atoms. The van der Waals surface area contributed by atoms with Crippen molar-refractivity contribution >= 4 is 27.5 Å². The largest absolute Gasteiger partial charge is 0.371 e. The molecule has 0 saturated carbocycles. The maximum atomic E-state index is 11.9. The molecule has 1 aromatic carbocycles. The normalized spacial score (nSPS) is 19.1. The van der Waals surface area contributed by atoms with Crippen molar-refractivity contribution in [3.63, 3.8) is 0 Å². The summed E-state index contributed by atoms with van der Waals surface area (Å²) >= 11 is 3.44. The van der Waals surface area contributed by atoms with Gasteiger partial charge in [-0.1, -0.05) is 28.9 Å². The number of anilines is 1. The van der Waals surface area contributed by atoms with Crippen LogP contribution in [0.15, 0.2) is 28.7 Å². The van der Waals surface area contributed by atoms with Gasteiger partial charge in [0.2, 0.25) is 5.91 Å². The van der Waals surface area contributed by atoms with E-state index in [1.165, 1.54) is 0 Å². The second-order valence-corrected chi connectivity index (χ2v) is 5.93. The minimum absolute atomic E-state index is 0.261. The number of primary amides is 1. The lowest BCUT2D eigenvalue weighted by Crippen LogP contribution is -2.57. The Hall–Kier alpha value is -1.07. The molecule has 1 heterocycles.